The highest BCUT2D eigenvalue weighted by atomic mass is 35.5. The Morgan fingerprint density at radius 3 is 2.68 bits per heavy atom. The molecule has 0 aliphatic carbocycles. The summed E-state index contributed by atoms with van der Waals surface area (Å²) in [6.07, 6.45) is -0.160. The quantitative estimate of drug-likeness (QED) is 0.576. The Morgan fingerprint density at radius 2 is 2.00 bits per heavy atom. The second kappa shape index (κ2) is 6.07. The highest BCUT2D eigenvalue weighted by Gasteiger charge is 2.60. The molecule has 1 fully saturated rings. The first-order valence-electron chi connectivity index (χ1n) is 8.87. The largest absolute Gasteiger partial charge is 0.422 e. The number of hydrogen-bond donors (Lipinski definition) is 1. The van der Waals surface area contributed by atoms with Gasteiger partial charge in [0.15, 0.2) is 5.41 Å². The minimum atomic E-state index is -1.60. The topological polar surface area (TPSA) is 99.9 Å². The molecule has 4 rings (SSSR count). The van der Waals surface area contributed by atoms with Gasteiger partial charge in [0.2, 0.25) is 11.8 Å². The molecule has 1 aromatic carbocycles. The number of imide groups is 2. The van der Waals surface area contributed by atoms with Gasteiger partial charge in [0.05, 0.1) is 11.3 Å². The van der Waals surface area contributed by atoms with Gasteiger partial charge in [-0.1, -0.05) is 11.6 Å². The van der Waals surface area contributed by atoms with Crippen molar-refractivity contribution in [3.63, 3.8) is 0 Å². The Morgan fingerprint density at radius 1 is 1.29 bits per heavy atom. The van der Waals surface area contributed by atoms with Crippen LogP contribution in [0.5, 0.6) is 0 Å². The third kappa shape index (κ3) is 2.24. The summed E-state index contributed by atoms with van der Waals surface area (Å²) >= 11 is 6.15. The zero-order valence-corrected chi connectivity index (χ0v) is 16.3. The lowest BCUT2D eigenvalue weighted by molar-refractivity contribution is -0.152. The van der Waals surface area contributed by atoms with E-state index in [2.05, 4.69) is 5.32 Å². The zero-order valence-electron chi connectivity index (χ0n) is 15.5. The molecule has 0 saturated carbocycles. The molecule has 0 bridgehead atoms. The van der Waals surface area contributed by atoms with Crippen LogP contribution in [0.3, 0.4) is 0 Å². The van der Waals surface area contributed by atoms with E-state index in [1.165, 1.54) is 7.05 Å². The first kappa shape index (κ1) is 18.5. The molecule has 1 aromatic heterocycles. The maximum Gasteiger partial charge on any atom is 0.341 e. The summed E-state index contributed by atoms with van der Waals surface area (Å²) in [5, 5.41) is 3.35. The van der Waals surface area contributed by atoms with Crippen molar-refractivity contribution in [2.45, 2.75) is 26.3 Å². The minimum absolute atomic E-state index is 0.160. The number of nitrogens with zero attached hydrogens (tertiary/aromatic N) is 2. The predicted octanol–water partition coefficient (Wildman–Crippen LogP) is 1.91. The van der Waals surface area contributed by atoms with Gasteiger partial charge in [-0.2, -0.15) is 0 Å². The first-order valence-corrected chi connectivity index (χ1v) is 9.25. The van der Waals surface area contributed by atoms with Gasteiger partial charge in [-0.3, -0.25) is 19.8 Å². The fourth-order valence-electron chi connectivity index (χ4n) is 4.30. The second-order valence-electron chi connectivity index (χ2n) is 7.09. The monoisotopic (exact) mass is 403 g/mol. The number of halogens is 1. The molecule has 28 heavy (non-hydrogen) atoms. The third-order valence-electron chi connectivity index (χ3n) is 5.81. The van der Waals surface area contributed by atoms with E-state index in [4.69, 9.17) is 16.0 Å². The number of nitrogens with one attached hydrogen (secondary N) is 1. The molecule has 3 heterocycles. The number of barbiturate groups is 1. The number of urea groups is 1. The molecule has 4 amide bonds. The van der Waals surface area contributed by atoms with Gasteiger partial charge in [-0.25, -0.2) is 9.59 Å². The van der Waals surface area contributed by atoms with Gasteiger partial charge >= 0.3 is 11.7 Å². The molecule has 1 saturated heterocycles. The van der Waals surface area contributed by atoms with E-state index in [0.717, 1.165) is 4.90 Å². The number of benzene rings is 1. The Labute approximate surface area is 165 Å². The molecule has 8 nitrogen and oxygen atoms in total. The summed E-state index contributed by atoms with van der Waals surface area (Å²) in [5.41, 5.74) is -1.02. The van der Waals surface area contributed by atoms with Crippen molar-refractivity contribution >= 4 is 46.1 Å². The normalized spacial score (nSPS) is 24.7. The fraction of sp³-hybridized carbons (Fsp3) is 0.368. The maximum absolute atomic E-state index is 13.1. The van der Waals surface area contributed by atoms with Crippen molar-refractivity contribution in [2.75, 3.05) is 18.5 Å². The van der Waals surface area contributed by atoms with Crippen LogP contribution in [0.2, 0.25) is 5.02 Å². The van der Waals surface area contributed by atoms with Crippen molar-refractivity contribution in [1.82, 2.24) is 10.2 Å². The van der Waals surface area contributed by atoms with Gasteiger partial charge in [0, 0.05) is 36.5 Å². The fourth-order valence-corrected chi connectivity index (χ4v) is 4.48. The molecule has 2 aliphatic rings. The standard InChI is InChI=1S/C19H18ClN3O5/c1-4-23-9(2)19(16(25)21-18(27)22(3)17(19)26)8-12-14(23)11-7-10(20)5-6-13(11)28-15(12)24/h5-7,9H,4,8H2,1-3H3,(H,21,25,27). The average molecular weight is 404 g/mol. The van der Waals surface area contributed by atoms with E-state index in [1.807, 2.05) is 11.8 Å². The number of rotatable bonds is 1. The Bertz CT molecular complexity index is 1110. The van der Waals surface area contributed by atoms with Gasteiger partial charge in [-0.05, 0) is 32.0 Å². The Balaban J connectivity index is 2.03. The Hall–Kier alpha value is -2.87. The highest BCUT2D eigenvalue weighted by molar-refractivity contribution is 6.31. The minimum Gasteiger partial charge on any atom is -0.422 e. The molecule has 0 radical (unpaired) electrons. The van der Waals surface area contributed by atoms with Gasteiger partial charge in [-0.15, -0.1) is 0 Å². The first-order chi connectivity index (χ1) is 13.2. The van der Waals surface area contributed by atoms with E-state index in [-0.39, 0.29) is 12.0 Å². The molecule has 2 aliphatic heterocycles. The summed E-state index contributed by atoms with van der Waals surface area (Å²) in [6.45, 7) is 4.04. The number of carbonyl (C=O) groups is 3. The van der Waals surface area contributed by atoms with Crippen LogP contribution < -0.4 is 15.8 Å². The number of anilines is 1. The molecule has 1 N–H and O–H groups in total. The number of carbonyl (C=O) groups excluding carboxylic acids is 3. The van der Waals surface area contributed by atoms with Crippen LogP contribution in [0.15, 0.2) is 27.4 Å². The zero-order chi connectivity index (χ0) is 20.4. The van der Waals surface area contributed by atoms with Crippen molar-refractivity contribution in [3.8, 4) is 0 Å². The van der Waals surface area contributed by atoms with E-state index in [0.29, 0.717) is 28.2 Å². The predicted molar refractivity (Wildman–Crippen MR) is 102 cm³/mol. The molecular weight excluding hydrogens is 386 g/mol. The lowest BCUT2D eigenvalue weighted by Crippen LogP contribution is -2.71. The lowest BCUT2D eigenvalue weighted by atomic mass is 9.69. The van der Waals surface area contributed by atoms with Crippen LogP contribution in [0.1, 0.15) is 19.4 Å². The maximum atomic E-state index is 13.1. The summed E-state index contributed by atoms with van der Waals surface area (Å²) in [6, 6.07) is 3.57. The summed E-state index contributed by atoms with van der Waals surface area (Å²) in [4.78, 5) is 53.4. The van der Waals surface area contributed by atoms with E-state index < -0.39 is 34.9 Å². The van der Waals surface area contributed by atoms with Crippen LogP contribution in [0.4, 0.5) is 10.5 Å². The molecule has 2 unspecified atom stereocenters. The molecular formula is C19H18ClN3O5. The second-order valence-corrected chi connectivity index (χ2v) is 7.53. The average Bonchev–Trinajstić information content (AvgIpc) is 2.66. The van der Waals surface area contributed by atoms with E-state index in [1.54, 1.807) is 25.1 Å². The summed E-state index contributed by atoms with van der Waals surface area (Å²) < 4.78 is 5.43. The van der Waals surface area contributed by atoms with Crippen LogP contribution >= 0.6 is 11.6 Å². The lowest BCUT2D eigenvalue weighted by Gasteiger charge is -2.49. The van der Waals surface area contributed by atoms with Gasteiger partial charge in [0.1, 0.15) is 5.58 Å². The van der Waals surface area contributed by atoms with Crippen LogP contribution in [0.25, 0.3) is 11.0 Å². The summed E-state index contributed by atoms with van der Waals surface area (Å²) in [5.74, 6) is -1.34. The van der Waals surface area contributed by atoms with E-state index in [9.17, 15) is 19.2 Å². The van der Waals surface area contributed by atoms with Crippen molar-refractivity contribution in [2.24, 2.45) is 5.41 Å². The van der Waals surface area contributed by atoms with Gasteiger partial charge in [0.25, 0.3) is 0 Å². The smallest absolute Gasteiger partial charge is 0.341 e. The SMILES string of the molecule is CCN1c2c(c(=O)oc3ccc(Cl)cc23)CC2(C(=O)NC(=O)N(C)C2=O)C1C. The third-order valence-corrected chi connectivity index (χ3v) is 6.05. The van der Waals surface area contributed by atoms with Crippen molar-refractivity contribution in [3.05, 3.63) is 39.2 Å². The Kier molecular flexibility index (Phi) is 4.01. The van der Waals surface area contributed by atoms with Crippen molar-refractivity contribution in [1.29, 1.82) is 0 Å². The molecule has 9 heteroatoms. The molecule has 2 aromatic rings. The van der Waals surface area contributed by atoms with Crippen molar-refractivity contribution < 1.29 is 18.8 Å². The molecule has 146 valence electrons. The number of hydrogen-bond acceptors (Lipinski definition) is 6. The highest BCUT2D eigenvalue weighted by Crippen LogP contribution is 2.45. The van der Waals surface area contributed by atoms with E-state index >= 15 is 0 Å². The molecule has 2 atom stereocenters. The molecule has 1 spiro atoms. The number of amides is 4. The van der Waals surface area contributed by atoms with Crippen LogP contribution in [0, 0.1) is 5.41 Å². The summed E-state index contributed by atoms with van der Waals surface area (Å²) in [7, 11) is 1.31. The van der Waals surface area contributed by atoms with Gasteiger partial charge < -0.3 is 9.32 Å². The van der Waals surface area contributed by atoms with Crippen LogP contribution in [-0.2, 0) is 16.0 Å². The van der Waals surface area contributed by atoms with Crippen LogP contribution in [-0.4, -0.2) is 42.4 Å². The number of fused-ring (bicyclic) bond motifs is 3.